The summed E-state index contributed by atoms with van der Waals surface area (Å²) in [4.78, 5) is 16.1. The van der Waals surface area contributed by atoms with Crippen LogP contribution in [0.25, 0.3) is 0 Å². The first-order valence-electron chi connectivity index (χ1n) is 7.42. The molecule has 1 heterocycles. The Hall–Kier alpha value is -2.16. The molecule has 2 aromatic rings. The third kappa shape index (κ3) is 3.91. The summed E-state index contributed by atoms with van der Waals surface area (Å²) in [6.45, 7) is 6.41. The molecule has 0 spiro atoms. The first-order valence-corrected chi connectivity index (χ1v) is 7.42. The molecule has 0 unspecified atom stereocenters. The number of hydrogen-bond acceptors (Lipinski definition) is 2. The van der Waals surface area contributed by atoms with Gasteiger partial charge >= 0.3 is 0 Å². The molecule has 0 saturated carbocycles. The van der Waals surface area contributed by atoms with Gasteiger partial charge in [-0.05, 0) is 42.5 Å². The molecule has 1 amide bonds. The summed E-state index contributed by atoms with van der Waals surface area (Å²) in [7, 11) is 0. The van der Waals surface area contributed by atoms with Gasteiger partial charge in [-0.15, -0.1) is 0 Å². The van der Waals surface area contributed by atoms with Crippen molar-refractivity contribution in [3.05, 3.63) is 65.5 Å². The molecule has 1 N–H and O–H groups in total. The number of amides is 1. The number of benzene rings is 1. The average Bonchev–Trinajstić information content (AvgIpc) is 2.55. The van der Waals surface area contributed by atoms with Gasteiger partial charge in [0.2, 0.25) is 0 Å². The monoisotopic (exact) mass is 282 g/mol. The van der Waals surface area contributed by atoms with E-state index in [2.05, 4.69) is 48.4 Å². The molecule has 0 aliphatic rings. The molecule has 110 valence electrons. The predicted molar refractivity (Wildman–Crippen MR) is 85.3 cm³/mol. The van der Waals surface area contributed by atoms with Crippen LogP contribution in [0.2, 0.25) is 0 Å². The third-order valence-electron chi connectivity index (χ3n) is 3.89. The van der Waals surface area contributed by atoms with Crippen LogP contribution in [0.15, 0.2) is 48.8 Å². The molecule has 1 aromatic carbocycles. The highest BCUT2D eigenvalue weighted by Gasteiger charge is 2.12. The standard InChI is InChI=1S/C18H22N2O/c1-4-13(2)15-7-9-16(10-8-15)14(3)20-18(21)17-6-5-11-19-12-17/h5-14H,4H2,1-3H3,(H,20,21)/t13-,14-/m0/s1. The van der Waals surface area contributed by atoms with E-state index in [1.807, 2.05) is 6.92 Å². The van der Waals surface area contributed by atoms with Gasteiger partial charge in [0.15, 0.2) is 0 Å². The average molecular weight is 282 g/mol. The molecule has 2 rings (SSSR count). The molecule has 1 aromatic heterocycles. The lowest BCUT2D eigenvalue weighted by Crippen LogP contribution is -2.26. The van der Waals surface area contributed by atoms with Gasteiger partial charge in [-0.1, -0.05) is 38.1 Å². The minimum absolute atomic E-state index is 0.0244. The largest absolute Gasteiger partial charge is 0.345 e. The van der Waals surface area contributed by atoms with Crippen LogP contribution in [-0.4, -0.2) is 10.9 Å². The topological polar surface area (TPSA) is 42.0 Å². The van der Waals surface area contributed by atoms with Crippen molar-refractivity contribution in [2.45, 2.75) is 39.2 Å². The summed E-state index contributed by atoms with van der Waals surface area (Å²) in [6.07, 6.45) is 4.37. The van der Waals surface area contributed by atoms with Gasteiger partial charge < -0.3 is 5.32 Å². The van der Waals surface area contributed by atoms with Crippen molar-refractivity contribution in [1.82, 2.24) is 10.3 Å². The molecular weight excluding hydrogens is 260 g/mol. The van der Waals surface area contributed by atoms with Gasteiger partial charge in [-0.3, -0.25) is 9.78 Å². The van der Waals surface area contributed by atoms with E-state index in [0.29, 0.717) is 11.5 Å². The highest BCUT2D eigenvalue weighted by atomic mass is 16.1. The normalized spacial score (nSPS) is 13.5. The predicted octanol–water partition coefficient (Wildman–Crippen LogP) is 4.09. The first kappa shape index (κ1) is 15.2. The summed E-state index contributed by atoms with van der Waals surface area (Å²) in [5, 5.41) is 3.00. The maximum absolute atomic E-state index is 12.1. The van der Waals surface area contributed by atoms with Crippen LogP contribution in [0, 0.1) is 0 Å². The number of rotatable bonds is 5. The third-order valence-corrected chi connectivity index (χ3v) is 3.89. The number of nitrogens with one attached hydrogen (secondary N) is 1. The molecule has 0 bridgehead atoms. The number of pyridine rings is 1. The SMILES string of the molecule is CC[C@H](C)c1ccc([C@H](C)NC(=O)c2cccnc2)cc1. The molecule has 0 aliphatic heterocycles. The van der Waals surface area contributed by atoms with Gasteiger partial charge in [0, 0.05) is 12.4 Å². The van der Waals surface area contributed by atoms with Gasteiger partial charge in [0.25, 0.3) is 5.91 Å². The summed E-state index contributed by atoms with van der Waals surface area (Å²) in [6, 6.07) is 12.0. The van der Waals surface area contributed by atoms with Crippen LogP contribution in [0.4, 0.5) is 0 Å². The van der Waals surface area contributed by atoms with Crippen LogP contribution < -0.4 is 5.32 Å². The Labute approximate surface area is 126 Å². The zero-order valence-corrected chi connectivity index (χ0v) is 12.8. The van der Waals surface area contributed by atoms with Gasteiger partial charge in [-0.25, -0.2) is 0 Å². The highest BCUT2D eigenvalue weighted by Crippen LogP contribution is 2.21. The Morgan fingerprint density at radius 2 is 1.81 bits per heavy atom. The lowest BCUT2D eigenvalue weighted by atomic mass is 9.96. The van der Waals surface area contributed by atoms with E-state index in [4.69, 9.17) is 0 Å². The Morgan fingerprint density at radius 3 is 2.38 bits per heavy atom. The van der Waals surface area contributed by atoms with Crippen molar-refractivity contribution in [3.8, 4) is 0 Å². The van der Waals surface area contributed by atoms with Crippen molar-refractivity contribution in [2.75, 3.05) is 0 Å². The molecule has 0 radical (unpaired) electrons. The van der Waals surface area contributed by atoms with Crippen LogP contribution in [-0.2, 0) is 0 Å². The second-order valence-corrected chi connectivity index (χ2v) is 5.41. The minimum Gasteiger partial charge on any atom is -0.345 e. The number of aromatic nitrogens is 1. The lowest BCUT2D eigenvalue weighted by Gasteiger charge is -2.16. The number of carbonyl (C=O) groups excluding carboxylic acids is 1. The van der Waals surface area contributed by atoms with E-state index in [-0.39, 0.29) is 11.9 Å². The quantitative estimate of drug-likeness (QED) is 0.897. The number of hydrogen-bond donors (Lipinski definition) is 1. The van der Waals surface area contributed by atoms with Crippen LogP contribution in [0.1, 0.15) is 60.6 Å². The van der Waals surface area contributed by atoms with Gasteiger partial charge in [0.1, 0.15) is 0 Å². The summed E-state index contributed by atoms with van der Waals surface area (Å²) >= 11 is 0. The Kier molecular flexibility index (Phi) is 5.09. The highest BCUT2D eigenvalue weighted by molar-refractivity contribution is 5.94. The lowest BCUT2D eigenvalue weighted by molar-refractivity contribution is 0.0939. The molecule has 0 fully saturated rings. The summed E-state index contributed by atoms with van der Waals surface area (Å²) in [5.74, 6) is 0.473. The van der Waals surface area contributed by atoms with Crippen molar-refractivity contribution < 1.29 is 4.79 Å². The van der Waals surface area contributed by atoms with Gasteiger partial charge in [0.05, 0.1) is 11.6 Å². The summed E-state index contributed by atoms with van der Waals surface area (Å²) < 4.78 is 0. The molecule has 3 nitrogen and oxygen atoms in total. The Balaban J connectivity index is 2.03. The molecule has 2 atom stereocenters. The fourth-order valence-corrected chi connectivity index (χ4v) is 2.21. The van der Waals surface area contributed by atoms with Crippen molar-refractivity contribution >= 4 is 5.91 Å². The zero-order chi connectivity index (χ0) is 15.2. The van der Waals surface area contributed by atoms with Crippen molar-refractivity contribution in [3.63, 3.8) is 0 Å². The summed E-state index contributed by atoms with van der Waals surface area (Å²) in [5.41, 5.74) is 3.03. The van der Waals surface area contributed by atoms with E-state index in [1.54, 1.807) is 24.5 Å². The second-order valence-electron chi connectivity index (χ2n) is 5.41. The van der Waals surface area contributed by atoms with Crippen LogP contribution >= 0.6 is 0 Å². The van der Waals surface area contributed by atoms with E-state index in [1.165, 1.54) is 5.56 Å². The smallest absolute Gasteiger partial charge is 0.253 e. The molecule has 0 saturated heterocycles. The van der Waals surface area contributed by atoms with Gasteiger partial charge in [-0.2, -0.15) is 0 Å². The Morgan fingerprint density at radius 1 is 1.14 bits per heavy atom. The minimum atomic E-state index is -0.0957. The molecular formula is C18H22N2O. The van der Waals surface area contributed by atoms with Crippen molar-refractivity contribution in [1.29, 1.82) is 0 Å². The molecule has 0 aliphatic carbocycles. The fourth-order valence-electron chi connectivity index (χ4n) is 2.21. The fraction of sp³-hybridized carbons (Fsp3) is 0.333. The van der Waals surface area contributed by atoms with E-state index in [0.717, 1.165) is 12.0 Å². The van der Waals surface area contributed by atoms with E-state index >= 15 is 0 Å². The number of nitrogens with zero attached hydrogens (tertiary/aromatic N) is 1. The van der Waals surface area contributed by atoms with Crippen LogP contribution in [0.5, 0.6) is 0 Å². The van der Waals surface area contributed by atoms with Crippen LogP contribution in [0.3, 0.4) is 0 Å². The zero-order valence-electron chi connectivity index (χ0n) is 12.8. The molecule has 3 heteroatoms. The van der Waals surface area contributed by atoms with E-state index in [9.17, 15) is 4.79 Å². The maximum atomic E-state index is 12.1. The second kappa shape index (κ2) is 7.02. The molecule has 21 heavy (non-hydrogen) atoms. The van der Waals surface area contributed by atoms with Crippen molar-refractivity contribution in [2.24, 2.45) is 0 Å². The maximum Gasteiger partial charge on any atom is 0.253 e. The first-order chi connectivity index (χ1) is 10.1. The number of carbonyl (C=O) groups is 1. The van der Waals surface area contributed by atoms with E-state index < -0.39 is 0 Å². The Bertz CT molecular complexity index is 578.